The average molecular weight is 655 g/mol. The van der Waals surface area contributed by atoms with Crippen LogP contribution in [0.25, 0.3) is 0 Å². The number of rotatable bonds is 29. The molecule has 0 N–H and O–H groups in total. The predicted molar refractivity (Wildman–Crippen MR) is 182 cm³/mol. The third kappa shape index (κ3) is 15.8. The maximum atomic E-state index is 6.72. The van der Waals surface area contributed by atoms with E-state index in [0.29, 0.717) is 106 Å². The minimum absolute atomic E-state index is 0.230. The number of hydrogen-bond donors (Lipinski definition) is 0. The monoisotopic (exact) mass is 654 g/mol. The highest BCUT2D eigenvalue weighted by Gasteiger charge is 2.37. The summed E-state index contributed by atoms with van der Waals surface area (Å²) in [5.74, 6) is 0. The Morgan fingerprint density at radius 3 is 0.894 bits per heavy atom. The Morgan fingerprint density at radius 2 is 0.617 bits per heavy atom. The lowest BCUT2D eigenvalue weighted by Gasteiger charge is -2.36. The van der Waals surface area contributed by atoms with Gasteiger partial charge >= 0.3 is 0 Å². The molecule has 0 aliphatic carbocycles. The molecule has 0 aromatic heterocycles. The zero-order valence-electron chi connectivity index (χ0n) is 28.2. The lowest BCUT2D eigenvalue weighted by atomic mass is 9.80. The van der Waals surface area contributed by atoms with E-state index in [2.05, 4.69) is 36.4 Å². The minimum Gasteiger partial charge on any atom is -0.377 e. The number of benzene rings is 3. The van der Waals surface area contributed by atoms with Crippen molar-refractivity contribution in [1.82, 2.24) is 0 Å². The molecule has 0 atom stereocenters. The summed E-state index contributed by atoms with van der Waals surface area (Å²) in [7, 11) is 0. The van der Waals surface area contributed by atoms with Crippen molar-refractivity contribution in [2.75, 3.05) is 106 Å². The van der Waals surface area contributed by atoms with Crippen LogP contribution in [0, 0.1) is 0 Å². The van der Waals surface area contributed by atoms with E-state index in [4.69, 9.17) is 42.6 Å². The zero-order chi connectivity index (χ0) is 33.1. The molecule has 47 heavy (non-hydrogen) atoms. The van der Waals surface area contributed by atoms with Crippen LogP contribution in [0.15, 0.2) is 91.0 Å². The summed E-state index contributed by atoms with van der Waals surface area (Å²) in [6.07, 6.45) is 0.230. The van der Waals surface area contributed by atoms with E-state index in [9.17, 15) is 0 Å². The fourth-order valence-electron chi connectivity index (χ4n) is 4.79. The molecular formula is C38H54O9. The predicted octanol–water partition coefficient (Wildman–Crippen LogP) is 5.54. The van der Waals surface area contributed by atoms with Gasteiger partial charge in [-0.25, -0.2) is 0 Å². The molecule has 9 heteroatoms. The molecular weight excluding hydrogens is 600 g/mol. The Balaban J connectivity index is 1.16. The van der Waals surface area contributed by atoms with E-state index >= 15 is 0 Å². The molecule has 0 aliphatic heterocycles. The van der Waals surface area contributed by atoms with Gasteiger partial charge < -0.3 is 42.6 Å². The van der Waals surface area contributed by atoms with Crippen LogP contribution in [0.2, 0.25) is 0 Å². The highest BCUT2D eigenvalue weighted by atomic mass is 16.6. The van der Waals surface area contributed by atoms with Gasteiger partial charge in [0.1, 0.15) is 5.60 Å². The molecule has 0 fully saturated rings. The SMILES string of the molecule is CC(C)OCCOCCOCCOCCOCCOCCOCCOCCOC(c1ccccc1)(c1ccccc1)c1ccccc1. The lowest BCUT2D eigenvalue weighted by Crippen LogP contribution is -2.34. The highest BCUT2D eigenvalue weighted by molar-refractivity contribution is 5.47. The molecule has 0 spiro atoms. The molecule has 3 rings (SSSR count). The third-order valence-corrected chi connectivity index (χ3v) is 7.00. The fraction of sp³-hybridized carbons (Fsp3) is 0.526. The van der Waals surface area contributed by atoms with Crippen LogP contribution in [0.3, 0.4) is 0 Å². The van der Waals surface area contributed by atoms with Crippen LogP contribution in [-0.2, 0) is 48.2 Å². The van der Waals surface area contributed by atoms with Crippen LogP contribution in [0.1, 0.15) is 30.5 Å². The van der Waals surface area contributed by atoms with Crippen LogP contribution in [0.4, 0.5) is 0 Å². The molecule has 3 aromatic rings. The van der Waals surface area contributed by atoms with Crippen LogP contribution < -0.4 is 0 Å². The van der Waals surface area contributed by atoms with Crippen LogP contribution >= 0.6 is 0 Å². The largest absolute Gasteiger partial charge is 0.377 e. The van der Waals surface area contributed by atoms with Gasteiger partial charge in [-0.05, 0) is 30.5 Å². The first-order valence-corrected chi connectivity index (χ1v) is 16.7. The topological polar surface area (TPSA) is 83.1 Å². The zero-order valence-corrected chi connectivity index (χ0v) is 28.2. The maximum absolute atomic E-state index is 6.72. The summed E-state index contributed by atoms with van der Waals surface area (Å²) in [6, 6.07) is 31.0. The van der Waals surface area contributed by atoms with Crippen molar-refractivity contribution in [3.8, 4) is 0 Å². The second kappa shape index (κ2) is 25.3. The molecule has 260 valence electrons. The van der Waals surface area contributed by atoms with Gasteiger partial charge in [-0.3, -0.25) is 0 Å². The van der Waals surface area contributed by atoms with Gasteiger partial charge in [0.25, 0.3) is 0 Å². The third-order valence-electron chi connectivity index (χ3n) is 7.00. The van der Waals surface area contributed by atoms with E-state index < -0.39 is 5.60 Å². The van der Waals surface area contributed by atoms with Crippen molar-refractivity contribution in [3.05, 3.63) is 108 Å². The molecule has 0 saturated heterocycles. The Kier molecular flexibility index (Phi) is 20.9. The van der Waals surface area contributed by atoms with Crippen molar-refractivity contribution in [3.63, 3.8) is 0 Å². The molecule has 0 radical (unpaired) electrons. The molecule has 0 unspecified atom stereocenters. The molecule has 0 heterocycles. The summed E-state index contributed by atoms with van der Waals surface area (Å²) in [6.45, 7) is 12.3. The van der Waals surface area contributed by atoms with Gasteiger partial charge in [-0.1, -0.05) is 91.0 Å². The van der Waals surface area contributed by atoms with Crippen molar-refractivity contribution >= 4 is 0 Å². The summed E-state index contributed by atoms with van der Waals surface area (Å²) in [5.41, 5.74) is 2.47. The Morgan fingerprint density at radius 1 is 0.362 bits per heavy atom. The Bertz CT molecular complexity index is 1020. The van der Waals surface area contributed by atoms with Gasteiger partial charge in [0.15, 0.2) is 0 Å². The first kappa shape index (κ1) is 38.7. The van der Waals surface area contributed by atoms with E-state index in [1.165, 1.54) is 0 Å². The molecule has 9 nitrogen and oxygen atoms in total. The van der Waals surface area contributed by atoms with Crippen LogP contribution in [-0.4, -0.2) is 112 Å². The highest BCUT2D eigenvalue weighted by Crippen LogP contribution is 2.40. The van der Waals surface area contributed by atoms with Crippen molar-refractivity contribution in [2.45, 2.75) is 25.6 Å². The fourth-order valence-corrected chi connectivity index (χ4v) is 4.79. The second-order valence-electron chi connectivity index (χ2n) is 10.8. The first-order valence-electron chi connectivity index (χ1n) is 16.7. The second-order valence-corrected chi connectivity index (χ2v) is 10.8. The normalized spacial score (nSPS) is 11.8. The van der Waals surface area contributed by atoms with Gasteiger partial charge in [0, 0.05) is 0 Å². The van der Waals surface area contributed by atoms with Crippen molar-refractivity contribution in [1.29, 1.82) is 0 Å². The molecule has 3 aromatic carbocycles. The Labute approximate surface area is 281 Å². The summed E-state index contributed by atoms with van der Waals surface area (Å²) >= 11 is 0. The quantitative estimate of drug-likeness (QED) is 0.0709. The van der Waals surface area contributed by atoms with Gasteiger partial charge in [-0.15, -0.1) is 0 Å². The smallest absolute Gasteiger partial charge is 0.143 e. The number of ether oxygens (including phenoxy) is 9. The van der Waals surface area contributed by atoms with E-state index in [-0.39, 0.29) is 6.10 Å². The van der Waals surface area contributed by atoms with Gasteiger partial charge in [0.2, 0.25) is 0 Å². The maximum Gasteiger partial charge on any atom is 0.143 e. The summed E-state index contributed by atoms with van der Waals surface area (Å²) in [5, 5.41) is 0. The molecule has 0 aliphatic rings. The molecule has 0 amide bonds. The van der Waals surface area contributed by atoms with Crippen molar-refractivity contribution < 1.29 is 42.6 Å². The summed E-state index contributed by atoms with van der Waals surface area (Å²) in [4.78, 5) is 0. The van der Waals surface area contributed by atoms with E-state index in [1.807, 2.05) is 68.4 Å². The van der Waals surface area contributed by atoms with E-state index in [0.717, 1.165) is 16.7 Å². The first-order chi connectivity index (χ1) is 23.2. The lowest BCUT2D eigenvalue weighted by molar-refractivity contribution is -0.0399. The van der Waals surface area contributed by atoms with E-state index in [1.54, 1.807) is 0 Å². The van der Waals surface area contributed by atoms with Crippen molar-refractivity contribution in [2.24, 2.45) is 0 Å². The molecule has 0 saturated carbocycles. The minimum atomic E-state index is -0.744. The number of hydrogen-bond acceptors (Lipinski definition) is 9. The average Bonchev–Trinajstić information content (AvgIpc) is 3.11. The summed E-state index contributed by atoms with van der Waals surface area (Å²) < 4.78 is 51.1. The Hall–Kier alpha value is -2.70. The molecule has 0 bridgehead atoms. The van der Waals surface area contributed by atoms with Gasteiger partial charge in [0.05, 0.1) is 112 Å². The van der Waals surface area contributed by atoms with Crippen LogP contribution in [0.5, 0.6) is 0 Å². The van der Waals surface area contributed by atoms with Gasteiger partial charge in [-0.2, -0.15) is 0 Å². The standard InChI is InChI=1S/C38H54O9/c1-34(2)46-32-30-44-28-26-42-24-22-40-20-18-39-19-21-41-23-25-43-27-29-45-31-33-47-38(35-12-6-3-7-13-35,36-14-8-4-9-15-36)37-16-10-5-11-17-37/h3-17,34H,18-33H2,1-2H3.